The van der Waals surface area contributed by atoms with Gasteiger partial charge in [0.15, 0.2) is 0 Å². The van der Waals surface area contributed by atoms with Crippen molar-refractivity contribution in [2.45, 2.75) is 0 Å². The zero-order chi connectivity index (χ0) is 13.9. The van der Waals surface area contributed by atoms with Gasteiger partial charge in [0.05, 0.1) is 11.2 Å². The molecule has 0 aliphatic heterocycles. The van der Waals surface area contributed by atoms with Gasteiger partial charge < -0.3 is 4.74 Å². The third-order valence-corrected chi connectivity index (χ3v) is 2.85. The van der Waals surface area contributed by atoms with Crippen molar-refractivity contribution in [3.63, 3.8) is 0 Å². The van der Waals surface area contributed by atoms with Crippen molar-refractivity contribution in [2.75, 3.05) is 5.32 Å². The average molecular weight is 267 g/mol. The molecule has 0 fully saturated rings. The molecule has 1 heterocycles. The van der Waals surface area contributed by atoms with Crippen LogP contribution in [0.2, 0.25) is 0 Å². The van der Waals surface area contributed by atoms with Gasteiger partial charge in [-0.25, -0.2) is 4.79 Å². The van der Waals surface area contributed by atoms with E-state index < -0.39 is 6.09 Å². The molecule has 0 radical (unpaired) electrons. The molecule has 5 nitrogen and oxygen atoms in total. The largest absolute Gasteiger partial charge is 0.417 e. The molecule has 0 aliphatic rings. The van der Waals surface area contributed by atoms with E-state index in [1.165, 1.54) is 0 Å². The molecule has 20 heavy (non-hydrogen) atoms. The summed E-state index contributed by atoms with van der Waals surface area (Å²) in [6, 6.07) is 14.5. The van der Waals surface area contributed by atoms with Gasteiger partial charge in [-0.2, -0.15) is 5.10 Å². The Morgan fingerprint density at radius 2 is 1.95 bits per heavy atom. The monoisotopic (exact) mass is 267 g/mol. The first-order chi connectivity index (χ1) is 9.72. The van der Waals surface area contributed by atoms with Gasteiger partial charge in [-0.05, 0) is 24.3 Å². The van der Waals surface area contributed by atoms with Crippen LogP contribution in [0.1, 0.15) is 0 Å². The number of carbonyl (C=O) groups excluding carboxylic acids is 1. The number of nitrogens with zero attached hydrogens (tertiary/aromatic N) is 2. The van der Waals surface area contributed by atoms with E-state index in [0.717, 1.165) is 10.9 Å². The highest BCUT2D eigenvalue weighted by atomic mass is 16.6. The van der Waals surface area contributed by atoms with Crippen LogP contribution in [0.25, 0.3) is 10.9 Å². The van der Waals surface area contributed by atoms with Gasteiger partial charge in [0.2, 0.25) is 0 Å². The van der Waals surface area contributed by atoms with Gasteiger partial charge in [0.1, 0.15) is 5.75 Å². The summed E-state index contributed by atoms with van der Waals surface area (Å²) in [5, 5.41) is 7.90. The normalized spacial score (nSPS) is 10.4. The molecule has 0 spiro atoms. The molecular weight excluding hydrogens is 254 g/mol. The molecule has 0 aliphatic carbocycles. The van der Waals surface area contributed by atoms with Crippen LogP contribution < -0.4 is 10.1 Å². The van der Waals surface area contributed by atoms with E-state index in [4.69, 9.17) is 4.74 Å². The molecule has 3 aromatic rings. The lowest BCUT2D eigenvalue weighted by molar-refractivity contribution is 0.215. The summed E-state index contributed by atoms with van der Waals surface area (Å²) >= 11 is 0. The zero-order valence-corrected chi connectivity index (χ0v) is 10.9. The van der Waals surface area contributed by atoms with E-state index in [0.29, 0.717) is 11.4 Å². The van der Waals surface area contributed by atoms with Gasteiger partial charge in [0.25, 0.3) is 0 Å². The lowest BCUT2D eigenvalue weighted by Crippen LogP contribution is -2.16. The number of ether oxygens (including phenoxy) is 1. The van der Waals surface area contributed by atoms with Crippen LogP contribution in [0.15, 0.2) is 54.7 Å². The van der Waals surface area contributed by atoms with Crippen LogP contribution in [0.3, 0.4) is 0 Å². The van der Waals surface area contributed by atoms with Crippen molar-refractivity contribution in [2.24, 2.45) is 7.05 Å². The molecule has 0 bridgehead atoms. The van der Waals surface area contributed by atoms with Crippen LogP contribution in [0, 0.1) is 0 Å². The summed E-state index contributed by atoms with van der Waals surface area (Å²) in [6.45, 7) is 0. The van der Waals surface area contributed by atoms with Crippen LogP contribution >= 0.6 is 0 Å². The Morgan fingerprint density at radius 1 is 1.15 bits per heavy atom. The van der Waals surface area contributed by atoms with Crippen molar-refractivity contribution in [3.05, 3.63) is 54.7 Å². The first-order valence-corrected chi connectivity index (χ1v) is 6.18. The number of benzene rings is 2. The summed E-state index contributed by atoms with van der Waals surface area (Å²) < 4.78 is 6.90. The molecule has 1 N–H and O–H groups in total. The van der Waals surface area contributed by atoms with Gasteiger partial charge in [-0.1, -0.05) is 24.3 Å². The maximum atomic E-state index is 11.9. The fourth-order valence-electron chi connectivity index (χ4n) is 2.00. The third-order valence-electron chi connectivity index (χ3n) is 2.85. The average Bonchev–Trinajstić information content (AvgIpc) is 2.81. The second kappa shape index (κ2) is 5.05. The van der Waals surface area contributed by atoms with Crippen molar-refractivity contribution >= 4 is 22.7 Å². The maximum absolute atomic E-state index is 11.9. The predicted molar refractivity (Wildman–Crippen MR) is 76.8 cm³/mol. The van der Waals surface area contributed by atoms with Crippen molar-refractivity contribution in [1.29, 1.82) is 0 Å². The number of rotatable bonds is 2. The molecule has 0 saturated heterocycles. The summed E-state index contributed by atoms with van der Waals surface area (Å²) in [5.41, 5.74) is 1.50. The Bertz CT molecular complexity index is 750. The topological polar surface area (TPSA) is 56.2 Å². The number of hydrogen-bond acceptors (Lipinski definition) is 3. The molecule has 0 unspecified atom stereocenters. The Hall–Kier alpha value is -2.82. The lowest BCUT2D eigenvalue weighted by atomic mass is 10.2. The fourth-order valence-corrected chi connectivity index (χ4v) is 2.00. The van der Waals surface area contributed by atoms with Gasteiger partial charge in [-0.3, -0.25) is 10.00 Å². The Balaban J connectivity index is 1.81. The van der Waals surface area contributed by atoms with Crippen molar-refractivity contribution in [1.82, 2.24) is 9.78 Å². The highest BCUT2D eigenvalue weighted by Gasteiger charge is 2.09. The summed E-state index contributed by atoms with van der Waals surface area (Å²) in [6.07, 6.45) is 1.33. The Morgan fingerprint density at radius 3 is 2.75 bits per heavy atom. The zero-order valence-electron chi connectivity index (χ0n) is 10.9. The first kappa shape index (κ1) is 12.2. The van der Waals surface area contributed by atoms with E-state index in [1.54, 1.807) is 16.8 Å². The van der Waals surface area contributed by atoms with E-state index >= 15 is 0 Å². The van der Waals surface area contributed by atoms with E-state index in [9.17, 15) is 4.79 Å². The quantitative estimate of drug-likeness (QED) is 0.775. The molecule has 100 valence electrons. The number of fused-ring (bicyclic) bond motifs is 1. The standard InChI is InChI=1S/C15H13N3O2/c1-18-10-12-13(8-5-9-14(12)17-18)16-15(19)20-11-6-3-2-4-7-11/h2-10H,1H3,(H,16,19). The molecule has 0 saturated carbocycles. The Kier molecular flexibility index (Phi) is 3.09. The van der Waals surface area contributed by atoms with Crippen molar-refractivity contribution < 1.29 is 9.53 Å². The van der Waals surface area contributed by atoms with Gasteiger partial charge in [-0.15, -0.1) is 0 Å². The number of carbonyl (C=O) groups is 1. The second-order valence-electron chi connectivity index (χ2n) is 4.37. The van der Waals surface area contributed by atoms with E-state index in [1.807, 2.05) is 49.6 Å². The maximum Gasteiger partial charge on any atom is 0.417 e. The molecule has 5 heteroatoms. The number of nitrogens with one attached hydrogen (secondary N) is 1. The van der Waals surface area contributed by atoms with E-state index in [-0.39, 0.29) is 0 Å². The summed E-state index contributed by atoms with van der Waals surface area (Å²) in [4.78, 5) is 11.9. The minimum absolute atomic E-state index is 0.503. The number of aryl methyl sites for hydroxylation is 1. The molecule has 3 rings (SSSR count). The Labute approximate surface area is 115 Å². The fraction of sp³-hybridized carbons (Fsp3) is 0.0667. The van der Waals surface area contributed by atoms with Crippen LogP contribution in [-0.2, 0) is 7.05 Å². The van der Waals surface area contributed by atoms with Gasteiger partial charge >= 0.3 is 6.09 Å². The van der Waals surface area contributed by atoms with E-state index in [2.05, 4.69) is 10.4 Å². The SMILES string of the molecule is Cn1cc2c(NC(=O)Oc3ccccc3)cccc2n1. The first-order valence-electron chi connectivity index (χ1n) is 6.18. The second-order valence-corrected chi connectivity index (χ2v) is 4.37. The minimum atomic E-state index is -0.521. The molecule has 0 atom stereocenters. The molecular formula is C15H13N3O2. The third kappa shape index (κ3) is 2.47. The number of para-hydroxylation sites is 1. The summed E-state index contributed by atoms with van der Waals surface area (Å²) in [5.74, 6) is 0.503. The molecule has 1 aromatic heterocycles. The number of hydrogen-bond donors (Lipinski definition) is 1. The van der Waals surface area contributed by atoms with Gasteiger partial charge in [0, 0.05) is 18.6 Å². The lowest BCUT2D eigenvalue weighted by Gasteiger charge is -2.07. The number of aromatic nitrogens is 2. The number of anilines is 1. The highest BCUT2D eigenvalue weighted by Crippen LogP contribution is 2.22. The van der Waals surface area contributed by atoms with Crippen LogP contribution in [0.4, 0.5) is 10.5 Å². The summed E-state index contributed by atoms with van der Waals surface area (Å²) in [7, 11) is 1.84. The minimum Gasteiger partial charge on any atom is -0.410 e. The molecule has 2 aromatic carbocycles. The number of amides is 1. The highest BCUT2D eigenvalue weighted by molar-refractivity contribution is 5.99. The van der Waals surface area contributed by atoms with Crippen LogP contribution in [0.5, 0.6) is 5.75 Å². The van der Waals surface area contributed by atoms with Crippen molar-refractivity contribution in [3.8, 4) is 5.75 Å². The smallest absolute Gasteiger partial charge is 0.410 e. The van der Waals surface area contributed by atoms with Crippen LogP contribution in [-0.4, -0.2) is 15.9 Å². The predicted octanol–water partition coefficient (Wildman–Crippen LogP) is 3.18. The molecule has 1 amide bonds.